The minimum absolute atomic E-state index is 1.06. The van der Waals surface area contributed by atoms with E-state index >= 15 is 0 Å². The summed E-state index contributed by atoms with van der Waals surface area (Å²) in [7, 11) is 0. The van der Waals surface area contributed by atoms with Crippen molar-refractivity contribution in [1.29, 1.82) is 0 Å². The Bertz CT molecular complexity index is 150. The van der Waals surface area contributed by atoms with E-state index in [1.165, 1.54) is 0 Å². The molecule has 1 nitrogen and oxygen atoms in total. The zero-order valence-corrected chi connectivity index (χ0v) is 9.96. The molecule has 0 heterocycles. The maximum atomic E-state index is 8.73. The van der Waals surface area contributed by atoms with E-state index in [1.807, 2.05) is 24.3 Å². The summed E-state index contributed by atoms with van der Waals surface area (Å²) in [6, 6.07) is 10.6. The quantitative estimate of drug-likeness (QED) is 0.729. The van der Waals surface area contributed by atoms with Crippen molar-refractivity contribution in [2.75, 3.05) is 0 Å². The SMILES string of the molecule is [OH][Hg][c]1[c]cccc1. The van der Waals surface area contributed by atoms with Crippen LogP contribution in [0.15, 0.2) is 24.3 Å². The minimum atomic E-state index is -1.59. The van der Waals surface area contributed by atoms with Gasteiger partial charge in [0.25, 0.3) is 0 Å². The van der Waals surface area contributed by atoms with Gasteiger partial charge < -0.3 is 0 Å². The third-order valence-electron chi connectivity index (χ3n) is 0.944. The molecule has 1 aromatic carbocycles. The monoisotopic (exact) mass is 295 g/mol. The zero-order valence-electron chi connectivity index (χ0n) is 4.46. The summed E-state index contributed by atoms with van der Waals surface area (Å²) in [4.78, 5) is 0. The molecule has 8 heavy (non-hydrogen) atoms. The molecule has 1 aromatic rings. The van der Waals surface area contributed by atoms with Gasteiger partial charge in [0, 0.05) is 0 Å². The Morgan fingerprint density at radius 2 is 2.38 bits per heavy atom. The molecule has 1 N–H and O–H groups in total. The van der Waals surface area contributed by atoms with Crippen LogP contribution in [-0.4, -0.2) is 3.01 Å². The molecule has 0 amide bonds. The van der Waals surface area contributed by atoms with Crippen LogP contribution in [0.2, 0.25) is 0 Å². The van der Waals surface area contributed by atoms with Gasteiger partial charge in [0.15, 0.2) is 0 Å². The predicted molar refractivity (Wildman–Crippen MR) is 27.1 cm³/mol. The van der Waals surface area contributed by atoms with Crippen molar-refractivity contribution >= 4 is 3.07 Å². The molecule has 0 aromatic heterocycles. The van der Waals surface area contributed by atoms with E-state index in [0.717, 1.165) is 3.07 Å². The Morgan fingerprint density at radius 1 is 1.50 bits per heavy atom. The van der Waals surface area contributed by atoms with E-state index in [4.69, 9.17) is 3.01 Å². The molecular formula is C6H5HgO. The number of benzene rings is 1. The van der Waals surface area contributed by atoms with Crippen molar-refractivity contribution in [1.82, 2.24) is 0 Å². The first kappa shape index (κ1) is 6.24. The third-order valence-corrected chi connectivity index (χ3v) is 3.98. The molecule has 0 unspecified atom stereocenters. The molecule has 0 saturated heterocycles. The molecule has 0 saturated carbocycles. The fourth-order valence-electron chi connectivity index (χ4n) is 0.529. The van der Waals surface area contributed by atoms with Crippen LogP contribution in [0.4, 0.5) is 0 Å². The normalized spacial score (nSPS) is 8.12. The van der Waals surface area contributed by atoms with Gasteiger partial charge in [0.05, 0.1) is 0 Å². The van der Waals surface area contributed by atoms with Crippen molar-refractivity contribution in [3.8, 4) is 0 Å². The van der Waals surface area contributed by atoms with Gasteiger partial charge in [-0.05, 0) is 0 Å². The summed E-state index contributed by atoms with van der Waals surface area (Å²) in [6.45, 7) is 0. The molecule has 0 aliphatic heterocycles. The molecule has 1 radical (unpaired) electrons. The van der Waals surface area contributed by atoms with Gasteiger partial charge in [-0.1, -0.05) is 0 Å². The van der Waals surface area contributed by atoms with Crippen molar-refractivity contribution in [2.45, 2.75) is 0 Å². The van der Waals surface area contributed by atoms with Crippen molar-refractivity contribution < 1.29 is 28.0 Å². The first-order valence-electron chi connectivity index (χ1n) is 2.50. The van der Waals surface area contributed by atoms with E-state index in [-0.39, 0.29) is 0 Å². The number of rotatable bonds is 1. The average molecular weight is 294 g/mol. The molecule has 2 heteroatoms. The predicted octanol–water partition coefficient (Wildman–Crippen LogP) is 0.102. The van der Waals surface area contributed by atoms with Gasteiger partial charge in [0.2, 0.25) is 0 Å². The summed E-state index contributed by atoms with van der Waals surface area (Å²) < 4.78 is 9.79. The van der Waals surface area contributed by atoms with Gasteiger partial charge in [-0.25, -0.2) is 0 Å². The van der Waals surface area contributed by atoms with Crippen LogP contribution < -0.4 is 3.07 Å². The molecule has 37 valence electrons. The van der Waals surface area contributed by atoms with Crippen LogP contribution in [0.3, 0.4) is 0 Å². The van der Waals surface area contributed by atoms with Crippen molar-refractivity contribution in [3.05, 3.63) is 30.3 Å². The van der Waals surface area contributed by atoms with Gasteiger partial charge >= 0.3 is 61.4 Å². The molecule has 0 bridgehead atoms. The van der Waals surface area contributed by atoms with Crippen LogP contribution in [-0.2, 0) is 25.0 Å². The maximum absolute atomic E-state index is 8.73. The second kappa shape index (κ2) is 3.20. The second-order valence-electron chi connectivity index (χ2n) is 1.55. The summed E-state index contributed by atoms with van der Waals surface area (Å²) >= 11 is -1.59. The van der Waals surface area contributed by atoms with E-state index in [1.54, 1.807) is 0 Å². The van der Waals surface area contributed by atoms with Crippen molar-refractivity contribution in [3.63, 3.8) is 0 Å². The van der Waals surface area contributed by atoms with Crippen LogP contribution in [0, 0.1) is 6.07 Å². The number of hydrogen-bond acceptors (Lipinski definition) is 1. The number of hydrogen-bond donors (Lipinski definition) is 1. The fourth-order valence-corrected chi connectivity index (χ4v) is 2.28. The van der Waals surface area contributed by atoms with Crippen LogP contribution >= 0.6 is 0 Å². The van der Waals surface area contributed by atoms with Gasteiger partial charge in [-0.15, -0.1) is 0 Å². The Balaban J connectivity index is 2.83. The van der Waals surface area contributed by atoms with Gasteiger partial charge in [0.1, 0.15) is 0 Å². The topological polar surface area (TPSA) is 20.2 Å². The van der Waals surface area contributed by atoms with E-state index in [9.17, 15) is 0 Å². The van der Waals surface area contributed by atoms with Crippen LogP contribution in [0.1, 0.15) is 0 Å². The summed E-state index contributed by atoms with van der Waals surface area (Å²) in [5.41, 5.74) is 0. The third kappa shape index (κ3) is 1.56. The first-order valence-corrected chi connectivity index (χ1v) is 7.70. The van der Waals surface area contributed by atoms with Crippen LogP contribution in [0.25, 0.3) is 0 Å². The van der Waals surface area contributed by atoms with Gasteiger partial charge in [-0.2, -0.15) is 0 Å². The Hall–Kier alpha value is 0.115. The molecular weight excluding hydrogens is 289 g/mol. The standard InChI is InChI=1S/C6H4.Hg.H2O/c1-2-4-6-5-3-1;;/h1-4H;;1H2/q;+1;/p-1. The molecule has 1 rings (SSSR count). The Morgan fingerprint density at radius 3 is 2.75 bits per heavy atom. The summed E-state index contributed by atoms with van der Waals surface area (Å²) in [5.74, 6) is 0. The molecule has 0 aliphatic rings. The Kier molecular flexibility index (Phi) is 2.50. The first-order chi connectivity index (χ1) is 3.93. The summed E-state index contributed by atoms with van der Waals surface area (Å²) in [5, 5.41) is 0. The molecule has 0 aliphatic carbocycles. The van der Waals surface area contributed by atoms with E-state index in [2.05, 4.69) is 6.07 Å². The van der Waals surface area contributed by atoms with E-state index in [0.29, 0.717) is 0 Å². The average Bonchev–Trinajstić information content (AvgIpc) is 1.90. The van der Waals surface area contributed by atoms with E-state index < -0.39 is 25.0 Å². The van der Waals surface area contributed by atoms with Crippen molar-refractivity contribution in [2.24, 2.45) is 0 Å². The molecule has 0 spiro atoms. The Labute approximate surface area is 61.4 Å². The van der Waals surface area contributed by atoms with Crippen LogP contribution in [0.5, 0.6) is 0 Å². The zero-order chi connectivity index (χ0) is 5.82. The summed E-state index contributed by atoms with van der Waals surface area (Å²) in [6.07, 6.45) is 0. The van der Waals surface area contributed by atoms with Gasteiger partial charge in [-0.3, -0.25) is 0 Å². The fraction of sp³-hybridized carbons (Fsp3) is 0. The molecule has 0 fully saturated rings. The molecule has 0 atom stereocenters. The second-order valence-corrected chi connectivity index (χ2v) is 5.74.